The number of hydrogen-bond donors (Lipinski definition) is 2. The molecular weight excluding hydrogens is 389 g/mol. The molecule has 0 aliphatic rings. The summed E-state index contributed by atoms with van der Waals surface area (Å²) >= 11 is 0. The first-order valence-corrected chi connectivity index (χ1v) is 8.83. The van der Waals surface area contributed by atoms with Gasteiger partial charge in [0.05, 0.1) is 16.9 Å². The number of rotatable bonds is 5. The van der Waals surface area contributed by atoms with Gasteiger partial charge in [0, 0.05) is 17.3 Å². The van der Waals surface area contributed by atoms with Crippen molar-refractivity contribution in [3.8, 4) is 34.1 Å². The third-order valence-corrected chi connectivity index (χ3v) is 4.59. The van der Waals surface area contributed by atoms with E-state index in [1.807, 2.05) is 0 Å². The Bertz CT molecular complexity index is 1280. The molecule has 0 saturated carbocycles. The summed E-state index contributed by atoms with van der Waals surface area (Å²) in [6, 6.07) is 16.8. The number of phenols is 1. The molecule has 0 spiro atoms. The molecule has 4 rings (SSSR count). The Balaban J connectivity index is 1.97. The van der Waals surface area contributed by atoms with Gasteiger partial charge in [-0.2, -0.15) is 0 Å². The van der Waals surface area contributed by atoms with Crippen molar-refractivity contribution >= 4 is 11.7 Å². The number of carbonyl (C=O) groups is 1. The average Bonchev–Trinajstić information content (AvgIpc) is 3.18. The molecular formula is C22H14FN3O4. The van der Waals surface area contributed by atoms with E-state index in [1.54, 1.807) is 42.6 Å². The van der Waals surface area contributed by atoms with Gasteiger partial charge in [-0.3, -0.25) is 4.57 Å². The van der Waals surface area contributed by atoms with Crippen molar-refractivity contribution in [1.29, 1.82) is 0 Å². The van der Waals surface area contributed by atoms with Crippen LogP contribution in [0, 0.1) is 10.7 Å². The van der Waals surface area contributed by atoms with Crippen molar-refractivity contribution in [1.82, 2.24) is 9.55 Å². The van der Waals surface area contributed by atoms with Crippen LogP contribution in [-0.4, -0.2) is 25.7 Å². The molecule has 4 aromatic rings. The smallest absolute Gasteiger partial charge is 0.338 e. The van der Waals surface area contributed by atoms with E-state index in [0.29, 0.717) is 22.5 Å². The molecule has 1 aromatic heterocycles. The van der Waals surface area contributed by atoms with E-state index >= 15 is 0 Å². The maximum atomic E-state index is 14.3. The summed E-state index contributed by atoms with van der Waals surface area (Å²) in [4.78, 5) is 27.0. The van der Waals surface area contributed by atoms with Crippen molar-refractivity contribution < 1.29 is 19.4 Å². The second kappa shape index (κ2) is 7.59. The molecule has 2 N–H and O–H groups in total. The van der Waals surface area contributed by atoms with Gasteiger partial charge in [-0.25, -0.2) is 14.2 Å². The average molecular weight is 403 g/mol. The number of benzene rings is 3. The highest BCUT2D eigenvalue weighted by Crippen LogP contribution is 2.35. The zero-order valence-electron chi connectivity index (χ0n) is 15.4. The number of carboxylic acid groups (broad SMARTS) is 1. The first-order valence-electron chi connectivity index (χ1n) is 8.83. The quantitative estimate of drug-likeness (QED) is 0.449. The Morgan fingerprint density at radius 1 is 1.00 bits per heavy atom. The predicted octanol–water partition coefficient (Wildman–Crippen LogP) is 5.15. The number of aromatic carboxylic acids is 1. The maximum absolute atomic E-state index is 14.3. The van der Waals surface area contributed by atoms with Crippen molar-refractivity contribution in [2.75, 3.05) is 0 Å². The van der Waals surface area contributed by atoms with Crippen LogP contribution >= 0.6 is 0 Å². The van der Waals surface area contributed by atoms with Crippen LogP contribution in [0.1, 0.15) is 10.4 Å². The number of phenolic OH excluding ortho intramolecular Hbond substituents is 1. The molecule has 0 aliphatic heterocycles. The Morgan fingerprint density at radius 3 is 2.37 bits per heavy atom. The lowest BCUT2D eigenvalue weighted by atomic mass is 10.1. The van der Waals surface area contributed by atoms with Crippen molar-refractivity contribution in [2.24, 2.45) is 5.18 Å². The van der Waals surface area contributed by atoms with Crippen molar-refractivity contribution in [2.45, 2.75) is 0 Å². The second-order valence-electron chi connectivity index (χ2n) is 6.41. The number of aromatic hydroxyl groups is 1. The van der Waals surface area contributed by atoms with E-state index in [2.05, 4.69) is 10.2 Å². The maximum Gasteiger partial charge on any atom is 0.338 e. The van der Waals surface area contributed by atoms with E-state index in [0.717, 1.165) is 12.1 Å². The molecule has 0 bridgehead atoms. The molecule has 30 heavy (non-hydrogen) atoms. The number of hydrogen-bond acceptors (Lipinski definition) is 5. The molecule has 0 unspecified atom stereocenters. The van der Waals surface area contributed by atoms with E-state index in [4.69, 9.17) is 5.11 Å². The van der Waals surface area contributed by atoms with E-state index in [1.165, 1.54) is 22.8 Å². The second-order valence-corrected chi connectivity index (χ2v) is 6.41. The van der Waals surface area contributed by atoms with Gasteiger partial charge in [-0.1, -0.05) is 24.3 Å². The predicted molar refractivity (Wildman–Crippen MR) is 108 cm³/mol. The topological polar surface area (TPSA) is 105 Å². The number of imidazole rings is 1. The summed E-state index contributed by atoms with van der Waals surface area (Å²) in [6.07, 6.45) is 1.57. The lowest BCUT2D eigenvalue weighted by molar-refractivity contribution is 0.0692. The lowest BCUT2D eigenvalue weighted by Gasteiger charge is -2.10. The standard InChI is InChI=1S/C22H14FN3O4/c23-17-11-13(9-10-14(17)22(28)29)26-12-19(15-5-2-4-8-20(15)27)24-21(26)16-6-1-3-7-18(16)25-30/h1-12,27H,(H,28,29). The van der Waals surface area contributed by atoms with Crippen LogP contribution in [0.5, 0.6) is 5.75 Å². The molecule has 0 fully saturated rings. The molecule has 8 heteroatoms. The van der Waals surface area contributed by atoms with Crippen LogP contribution in [0.3, 0.4) is 0 Å². The van der Waals surface area contributed by atoms with Gasteiger partial charge in [0.25, 0.3) is 0 Å². The first kappa shape index (κ1) is 19.0. The summed E-state index contributed by atoms with van der Waals surface area (Å²) in [5.41, 5.74) is 1.19. The number of carboxylic acids is 1. The number of para-hydroxylation sites is 1. The number of nitrogens with zero attached hydrogens (tertiary/aromatic N) is 3. The van der Waals surface area contributed by atoms with Gasteiger partial charge in [0.2, 0.25) is 0 Å². The summed E-state index contributed by atoms with van der Waals surface area (Å²) in [5, 5.41) is 22.3. The molecule has 0 amide bonds. The van der Waals surface area contributed by atoms with Crippen molar-refractivity contribution in [3.05, 3.63) is 89.2 Å². The molecule has 7 nitrogen and oxygen atoms in total. The first-order chi connectivity index (χ1) is 14.5. The van der Waals surface area contributed by atoms with Crippen LogP contribution in [0.2, 0.25) is 0 Å². The number of halogens is 1. The summed E-state index contributed by atoms with van der Waals surface area (Å²) in [5.74, 6) is -2.00. The minimum atomic E-state index is -1.38. The van der Waals surface area contributed by atoms with Crippen LogP contribution in [0.15, 0.2) is 78.1 Å². The van der Waals surface area contributed by atoms with Gasteiger partial charge in [-0.05, 0) is 47.6 Å². The van der Waals surface area contributed by atoms with E-state index < -0.39 is 17.3 Å². The Hall–Kier alpha value is -4.33. The third kappa shape index (κ3) is 3.30. The minimum Gasteiger partial charge on any atom is -0.507 e. The largest absolute Gasteiger partial charge is 0.507 e. The SMILES string of the molecule is O=Nc1ccccc1-c1nc(-c2ccccc2O)cn1-c1ccc(C(=O)O)c(F)c1. The fraction of sp³-hybridized carbons (Fsp3) is 0. The van der Waals surface area contributed by atoms with Crippen LogP contribution in [0.4, 0.5) is 10.1 Å². The Kier molecular flexibility index (Phi) is 4.81. The molecule has 1 heterocycles. The molecule has 0 atom stereocenters. The highest BCUT2D eigenvalue weighted by atomic mass is 19.1. The minimum absolute atomic E-state index is 0.00269. The highest BCUT2D eigenvalue weighted by Gasteiger charge is 2.19. The number of nitroso groups, excluding NO2 is 1. The number of aromatic nitrogens is 2. The van der Waals surface area contributed by atoms with Crippen LogP contribution in [-0.2, 0) is 0 Å². The lowest BCUT2D eigenvalue weighted by Crippen LogP contribution is -2.03. The normalized spacial score (nSPS) is 10.7. The Morgan fingerprint density at radius 2 is 1.70 bits per heavy atom. The van der Waals surface area contributed by atoms with Gasteiger partial charge < -0.3 is 10.2 Å². The Labute approximate surface area is 169 Å². The molecule has 0 saturated heterocycles. The fourth-order valence-electron chi connectivity index (χ4n) is 3.16. The van der Waals surface area contributed by atoms with Gasteiger partial charge >= 0.3 is 5.97 Å². The monoisotopic (exact) mass is 403 g/mol. The van der Waals surface area contributed by atoms with E-state index in [-0.39, 0.29) is 17.3 Å². The zero-order chi connectivity index (χ0) is 21.3. The molecule has 3 aromatic carbocycles. The highest BCUT2D eigenvalue weighted by molar-refractivity contribution is 5.88. The van der Waals surface area contributed by atoms with Crippen molar-refractivity contribution in [3.63, 3.8) is 0 Å². The third-order valence-electron chi connectivity index (χ3n) is 4.59. The summed E-state index contributed by atoms with van der Waals surface area (Å²) in [7, 11) is 0. The van der Waals surface area contributed by atoms with E-state index in [9.17, 15) is 19.2 Å². The van der Waals surface area contributed by atoms with Gasteiger partial charge in [-0.15, -0.1) is 4.91 Å². The molecule has 0 radical (unpaired) electrons. The van der Waals surface area contributed by atoms with Crippen LogP contribution < -0.4 is 0 Å². The zero-order valence-corrected chi connectivity index (χ0v) is 15.4. The molecule has 148 valence electrons. The summed E-state index contributed by atoms with van der Waals surface area (Å²) in [6.45, 7) is 0. The van der Waals surface area contributed by atoms with Gasteiger partial charge in [0.15, 0.2) is 0 Å². The molecule has 0 aliphatic carbocycles. The fourth-order valence-corrected chi connectivity index (χ4v) is 3.16. The van der Waals surface area contributed by atoms with Gasteiger partial charge in [0.1, 0.15) is 23.1 Å². The van der Waals surface area contributed by atoms with Crippen LogP contribution in [0.25, 0.3) is 28.3 Å². The summed E-state index contributed by atoms with van der Waals surface area (Å²) < 4.78 is 15.9.